The van der Waals surface area contributed by atoms with Crippen molar-refractivity contribution in [3.63, 3.8) is 0 Å². The third-order valence-corrected chi connectivity index (χ3v) is 3.66. The summed E-state index contributed by atoms with van der Waals surface area (Å²) in [7, 11) is 0. The monoisotopic (exact) mass is 195 g/mol. The van der Waals surface area contributed by atoms with Crippen molar-refractivity contribution >= 4 is 0 Å². The molecule has 0 amide bonds. The van der Waals surface area contributed by atoms with Gasteiger partial charge in [-0.2, -0.15) is 0 Å². The summed E-state index contributed by atoms with van der Waals surface area (Å²) in [5.41, 5.74) is 8.80. The lowest BCUT2D eigenvalue weighted by molar-refractivity contribution is -0.0818. The van der Waals surface area contributed by atoms with Crippen LogP contribution in [0.3, 0.4) is 0 Å². The Labute approximate surface area is 84.3 Å². The number of rotatable bonds is 2. The van der Waals surface area contributed by atoms with Crippen molar-refractivity contribution < 1.29 is 4.74 Å². The van der Waals surface area contributed by atoms with Crippen LogP contribution in [0.2, 0.25) is 0 Å². The Bertz CT molecular complexity index is 269. The molecule has 0 aromatic heterocycles. The number of nitrogens with zero attached hydrogens (tertiary/aromatic N) is 3. The molecular weight excluding hydrogens is 178 g/mol. The molecule has 1 saturated carbocycles. The zero-order chi connectivity index (χ0) is 10.2. The molecular formula is C10H17N3O. The minimum atomic E-state index is 0.0404. The highest BCUT2D eigenvalue weighted by molar-refractivity contribution is 4.98. The molecule has 4 nitrogen and oxygen atoms in total. The molecule has 1 unspecified atom stereocenters. The quantitative estimate of drug-likeness (QED) is 0.379. The first-order chi connectivity index (χ1) is 6.65. The molecule has 0 aromatic rings. The van der Waals surface area contributed by atoms with Crippen molar-refractivity contribution in [3.05, 3.63) is 10.4 Å². The third-order valence-electron chi connectivity index (χ3n) is 3.66. The van der Waals surface area contributed by atoms with E-state index in [4.69, 9.17) is 10.3 Å². The molecule has 4 heteroatoms. The second kappa shape index (κ2) is 3.44. The predicted octanol–water partition coefficient (Wildman–Crippen LogP) is 3.03. The van der Waals surface area contributed by atoms with Crippen molar-refractivity contribution in [1.82, 2.24) is 0 Å². The molecule has 1 aliphatic heterocycles. The molecule has 0 radical (unpaired) electrons. The van der Waals surface area contributed by atoms with Crippen molar-refractivity contribution in [2.24, 2.45) is 10.5 Å². The average Bonchev–Trinajstić information content (AvgIpc) is 2.89. The van der Waals surface area contributed by atoms with E-state index in [0.717, 1.165) is 12.8 Å². The molecule has 14 heavy (non-hydrogen) atoms. The van der Waals surface area contributed by atoms with Crippen molar-refractivity contribution in [1.29, 1.82) is 0 Å². The number of hydrogen-bond acceptors (Lipinski definition) is 2. The second-order valence-corrected chi connectivity index (χ2v) is 4.83. The van der Waals surface area contributed by atoms with Crippen LogP contribution >= 0.6 is 0 Å². The Balaban J connectivity index is 1.95. The lowest BCUT2D eigenvalue weighted by Crippen LogP contribution is -2.39. The Kier molecular flexibility index (Phi) is 2.41. The zero-order valence-corrected chi connectivity index (χ0v) is 8.81. The van der Waals surface area contributed by atoms with Gasteiger partial charge in [0, 0.05) is 4.91 Å². The first kappa shape index (κ1) is 9.81. The maximum atomic E-state index is 8.38. The lowest BCUT2D eigenvalue weighted by atomic mass is 9.91. The van der Waals surface area contributed by atoms with Gasteiger partial charge in [0.2, 0.25) is 0 Å². The minimum Gasteiger partial charge on any atom is -0.374 e. The van der Waals surface area contributed by atoms with Gasteiger partial charge >= 0.3 is 0 Å². The van der Waals surface area contributed by atoms with E-state index in [-0.39, 0.29) is 12.1 Å². The summed E-state index contributed by atoms with van der Waals surface area (Å²) >= 11 is 0. The normalized spacial score (nSPS) is 40.0. The fourth-order valence-electron chi connectivity index (χ4n) is 2.22. The van der Waals surface area contributed by atoms with Crippen molar-refractivity contribution in [2.75, 3.05) is 0 Å². The number of azide groups is 1. The lowest BCUT2D eigenvalue weighted by Gasteiger charge is -2.35. The summed E-state index contributed by atoms with van der Waals surface area (Å²) in [6.07, 6.45) is 5.08. The van der Waals surface area contributed by atoms with E-state index in [9.17, 15) is 0 Å². The average molecular weight is 195 g/mol. The van der Waals surface area contributed by atoms with Gasteiger partial charge < -0.3 is 4.74 Å². The van der Waals surface area contributed by atoms with Gasteiger partial charge in [0.05, 0.1) is 18.2 Å². The van der Waals surface area contributed by atoms with Gasteiger partial charge in [-0.1, -0.05) is 12.0 Å². The third kappa shape index (κ3) is 1.72. The molecule has 78 valence electrons. The molecule has 1 heterocycles. The summed E-state index contributed by atoms with van der Waals surface area (Å²) < 4.78 is 5.91. The molecule has 0 bridgehead atoms. The highest BCUT2D eigenvalue weighted by Gasteiger charge is 2.47. The minimum absolute atomic E-state index is 0.0404. The van der Waals surface area contributed by atoms with E-state index < -0.39 is 0 Å². The first-order valence-corrected chi connectivity index (χ1v) is 5.35. The predicted molar refractivity (Wildman–Crippen MR) is 53.8 cm³/mol. The second-order valence-electron chi connectivity index (χ2n) is 4.83. The summed E-state index contributed by atoms with van der Waals surface area (Å²) in [5.74, 6) is 0. The highest BCUT2D eigenvalue weighted by atomic mass is 16.5. The standard InChI is InChI=1S/C10H17N3O/c1-7-8(12-13-11)3-4-9(14-7)10(2)5-6-10/h7-9H,3-6H2,1-2H3/t7?,8-,9-/m0/s1. The summed E-state index contributed by atoms with van der Waals surface area (Å²) in [6.45, 7) is 4.30. The smallest absolute Gasteiger partial charge is 0.0635 e. The summed E-state index contributed by atoms with van der Waals surface area (Å²) in [6, 6.07) is 0.0404. The van der Waals surface area contributed by atoms with E-state index in [0.29, 0.717) is 11.5 Å². The van der Waals surface area contributed by atoms with E-state index >= 15 is 0 Å². The van der Waals surface area contributed by atoms with Crippen LogP contribution in [-0.2, 0) is 4.74 Å². The number of hydrogen-bond donors (Lipinski definition) is 0. The van der Waals surface area contributed by atoms with Gasteiger partial charge in [-0.25, -0.2) is 0 Å². The van der Waals surface area contributed by atoms with Crippen molar-refractivity contribution in [2.45, 2.75) is 57.8 Å². The van der Waals surface area contributed by atoms with Gasteiger partial charge in [0.25, 0.3) is 0 Å². The molecule has 3 atom stereocenters. The fraction of sp³-hybridized carbons (Fsp3) is 1.00. The van der Waals surface area contributed by atoms with E-state index in [1.807, 2.05) is 6.92 Å². The Hall–Kier alpha value is -0.730. The van der Waals surface area contributed by atoms with Crippen LogP contribution in [0.5, 0.6) is 0 Å². The van der Waals surface area contributed by atoms with Crippen LogP contribution in [0.25, 0.3) is 10.4 Å². The van der Waals surface area contributed by atoms with E-state index in [1.165, 1.54) is 12.8 Å². The van der Waals surface area contributed by atoms with Crippen LogP contribution in [0, 0.1) is 5.41 Å². The summed E-state index contributed by atoms with van der Waals surface area (Å²) in [4.78, 5) is 2.86. The molecule has 2 fully saturated rings. The summed E-state index contributed by atoms with van der Waals surface area (Å²) in [5, 5.41) is 3.76. The molecule has 2 aliphatic rings. The molecule has 0 N–H and O–H groups in total. The highest BCUT2D eigenvalue weighted by Crippen LogP contribution is 2.52. The first-order valence-electron chi connectivity index (χ1n) is 5.35. The van der Waals surface area contributed by atoms with Crippen LogP contribution in [0.15, 0.2) is 5.11 Å². The van der Waals surface area contributed by atoms with Crippen LogP contribution in [-0.4, -0.2) is 18.2 Å². The van der Waals surface area contributed by atoms with Gasteiger partial charge in [0.1, 0.15) is 0 Å². The molecule has 1 saturated heterocycles. The van der Waals surface area contributed by atoms with Crippen molar-refractivity contribution in [3.8, 4) is 0 Å². The van der Waals surface area contributed by atoms with Gasteiger partial charge in [-0.05, 0) is 43.6 Å². The molecule has 1 aliphatic carbocycles. The van der Waals surface area contributed by atoms with Crippen LogP contribution in [0.4, 0.5) is 0 Å². The van der Waals surface area contributed by atoms with Gasteiger partial charge in [-0.3, -0.25) is 0 Å². The number of ether oxygens (including phenoxy) is 1. The Morgan fingerprint density at radius 1 is 1.43 bits per heavy atom. The zero-order valence-electron chi connectivity index (χ0n) is 8.81. The van der Waals surface area contributed by atoms with E-state index in [1.54, 1.807) is 0 Å². The maximum absolute atomic E-state index is 8.38. The van der Waals surface area contributed by atoms with Crippen LogP contribution < -0.4 is 0 Å². The Morgan fingerprint density at radius 3 is 2.64 bits per heavy atom. The van der Waals surface area contributed by atoms with Gasteiger partial charge in [-0.15, -0.1) is 0 Å². The topological polar surface area (TPSA) is 58.0 Å². The molecule has 0 aromatic carbocycles. The molecule has 2 rings (SSSR count). The van der Waals surface area contributed by atoms with Crippen LogP contribution in [0.1, 0.15) is 39.5 Å². The largest absolute Gasteiger partial charge is 0.374 e. The van der Waals surface area contributed by atoms with Gasteiger partial charge in [0.15, 0.2) is 0 Å². The maximum Gasteiger partial charge on any atom is 0.0635 e. The molecule has 0 spiro atoms. The SMILES string of the molecule is CC1O[C@H](C2(C)CC2)CC[C@@H]1N=[N+]=[N-]. The Morgan fingerprint density at radius 2 is 2.14 bits per heavy atom. The fourth-order valence-corrected chi connectivity index (χ4v) is 2.22. The van der Waals surface area contributed by atoms with E-state index in [2.05, 4.69) is 16.9 Å².